The fourth-order valence-electron chi connectivity index (χ4n) is 5.11. The molecule has 8 heteroatoms. The normalized spacial score (nSPS) is 15.4. The number of rotatable bonds is 7. The molecular formula is C30H38N6O2. The van der Waals surface area contributed by atoms with Gasteiger partial charge < -0.3 is 24.3 Å². The van der Waals surface area contributed by atoms with Crippen molar-refractivity contribution in [3.63, 3.8) is 0 Å². The third kappa shape index (κ3) is 5.54. The predicted molar refractivity (Wildman–Crippen MR) is 152 cm³/mol. The van der Waals surface area contributed by atoms with Gasteiger partial charge in [0, 0.05) is 63.5 Å². The van der Waals surface area contributed by atoms with Crippen molar-refractivity contribution in [1.29, 1.82) is 0 Å². The second-order valence-electron chi connectivity index (χ2n) is 10.4. The number of aromatic nitrogens is 2. The fraction of sp³-hybridized carbons (Fsp3) is 0.433. The van der Waals surface area contributed by atoms with Crippen LogP contribution in [0.25, 0.3) is 0 Å². The molecule has 1 aromatic heterocycles. The monoisotopic (exact) mass is 514 g/mol. The van der Waals surface area contributed by atoms with E-state index in [0.29, 0.717) is 19.5 Å². The van der Waals surface area contributed by atoms with E-state index in [4.69, 9.17) is 14.7 Å². The highest BCUT2D eigenvalue weighted by molar-refractivity contribution is 5.79. The maximum atomic E-state index is 13.2. The fourth-order valence-corrected chi connectivity index (χ4v) is 5.11. The maximum Gasteiger partial charge on any atom is 0.227 e. The van der Waals surface area contributed by atoms with Crippen LogP contribution in [-0.4, -0.2) is 73.7 Å². The Morgan fingerprint density at radius 1 is 0.947 bits per heavy atom. The average molecular weight is 515 g/mol. The first-order valence-electron chi connectivity index (χ1n) is 13.5. The molecule has 0 radical (unpaired) electrons. The van der Waals surface area contributed by atoms with E-state index in [-0.39, 0.29) is 11.9 Å². The van der Waals surface area contributed by atoms with Crippen LogP contribution >= 0.6 is 0 Å². The zero-order chi connectivity index (χ0) is 26.6. The number of hydrogen-bond acceptors (Lipinski definition) is 7. The molecule has 1 saturated heterocycles. The first kappa shape index (κ1) is 25.8. The Morgan fingerprint density at radius 3 is 2.29 bits per heavy atom. The number of methoxy groups -OCH3 is 1. The van der Waals surface area contributed by atoms with E-state index in [0.717, 1.165) is 66.9 Å². The van der Waals surface area contributed by atoms with Gasteiger partial charge in [-0.1, -0.05) is 30.3 Å². The van der Waals surface area contributed by atoms with Crippen LogP contribution in [0.15, 0.2) is 54.6 Å². The Bertz CT molecular complexity index is 1240. The lowest BCUT2D eigenvalue weighted by Gasteiger charge is -2.38. The average Bonchev–Trinajstić information content (AvgIpc) is 2.96. The van der Waals surface area contributed by atoms with Gasteiger partial charge >= 0.3 is 0 Å². The quantitative estimate of drug-likeness (QED) is 0.475. The van der Waals surface area contributed by atoms with Crippen LogP contribution in [-0.2, 0) is 24.2 Å². The Kier molecular flexibility index (Phi) is 7.67. The number of amides is 1. The zero-order valence-corrected chi connectivity index (χ0v) is 22.9. The minimum atomic E-state index is 0.125. The summed E-state index contributed by atoms with van der Waals surface area (Å²) >= 11 is 0. The molecule has 38 heavy (non-hydrogen) atoms. The topological polar surface area (TPSA) is 65.0 Å². The van der Waals surface area contributed by atoms with Gasteiger partial charge in [-0.05, 0) is 43.7 Å². The first-order valence-corrected chi connectivity index (χ1v) is 13.5. The van der Waals surface area contributed by atoms with Crippen molar-refractivity contribution >= 4 is 23.4 Å². The minimum absolute atomic E-state index is 0.125. The van der Waals surface area contributed by atoms with Crippen molar-refractivity contribution in [1.82, 2.24) is 14.9 Å². The molecule has 0 N–H and O–H groups in total. The van der Waals surface area contributed by atoms with E-state index in [9.17, 15) is 4.79 Å². The summed E-state index contributed by atoms with van der Waals surface area (Å²) in [5.74, 6) is 2.66. The van der Waals surface area contributed by atoms with Gasteiger partial charge in [-0.25, -0.2) is 4.98 Å². The summed E-state index contributed by atoms with van der Waals surface area (Å²) < 4.78 is 5.24. The van der Waals surface area contributed by atoms with Gasteiger partial charge in [-0.15, -0.1) is 0 Å². The van der Waals surface area contributed by atoms with Crippen LogP contribution in [0.2, 0.25) is 0 Å². The zero-order valence-electron chi connectivity index (χ0n) is 22.9. The minimum Gasteiger partial charge on any atom is -0.497 e. The number of para-hydroxylation sites is 1. The van der Waals surface area contributed by atoms with Gasteiger partial charge in [0.2, 0.25) is 11.9 Å². The summed E-state index contributed by atoms with van der Waals surface area (Å²) in [5, 5.41) is 0. The largest absolute Gasteiger partial charge is 0.497 e. The van der Waals surface area contributed by atoms with Crippen LogP contribution in [0.4, 0.5) is 17.5 Å². The molecule has 2 aliphatic heterocycles. The molecule has 2 aliphatic rings. The number of fused-ring (bicyclic) bond motifs is 1. The molecular weight excluding hydrogens is 476 g/mol. The van der Waals surface area contributed by atoms with Crippen LogP contribution in [0, 0.1) is 0 Å². The van der Waals surface area contributed by atoms with Gasteiger partial charge in [0.05, 0.1) is 25.8 Å². The summed E-state index contributed by atoms with van der Waals surface area (Å²) in [4.78, 5) is 32.3. The first-order chi connectivity index (χ1) is 18.4. The van der Waals surface area contributed by atoms with Crippen LogP contribution in [0.1, 0.15) is 30.7 Å². The molecule has 1 amide bonds. The molecule has 0 unspecified atom stereocenters. The number of piperazine rings is 1. The molecule has 0 atom stereocenters. The Hall–Kier alpha value is -3.81. The summed E-state index contributed by atoms with van der Waals surface area (Å²) in [5.41, 5.74) is 4.39. The van der Waals surface area contributed by atoms with Gasteiger partial charge in [0.1, 0.15) is 11.6 Å². The lowest BCUT2D eigenvalue weighted by Crippen LogP contribution is -2.47. The number of carbonyl (C=O) groups excluding carboxylic acids is 1. The van der Waals surface area contributed by atoms with Crippen molar-refractivity contribution in [2.75, 3.05) is 61.6 Å². The second-order valence-corrected chi connectivity index (χ2v) is 10.4. The lowest BCUT2D eigenvalue weighted by atomic mass is 10.0. The van der Waals surface area contributed by atoms with Gasteiger partial charge in [0.25, 0.3) is 0 Å². The molecule has 2 aromatic carbocycles. The lowest BCUT2D eigenvalue weighted by molar-refractivity contribution is -0.131. The Labute approximate surface area is 225 Å². The maximum absolute atomic E-state index is 13.2. The molecule has 0 bridgehead atoms. The van der Waals surface area contributed by atoms with Crippen molar-refractivity contribution < 1.29 is 9.53 Å². The van der Waals surface area contributed by atoms with Gasteiger partial charge in [-0.2, -0.15) is 4.98 Å². The van der Waals surface area contributed by atoms with E-state index in [2.05, 4.69) is 65.9 Å². The third-order valence-corrected chi connectivity index (χ3v) is 7.69. The number of benzene rings is 2. The highest BCUT2D eigenvalue weighted by Gasteiger charge is 2.29. The summed E-state index contributed by atoms with van der Waals surface area (Å²) in [7, 11) is 3.73. The van der Waals surface area contributed by atoms with Crippen LogP contribution in [0.3, 0.4) is 0 Å². The molecule has 8 nitrogen and oxygen atoms in total. The number of nitrogens with zero attached hydrogens (tertiary/aromatic N) is 6. The molecule has 3 heterocycles. The molecule has 0 saturated carbocycles. The molecule has 200 valence electrons. The molecule has 0 aliphatic carbocycles. The van der Waals surface area contributed by atoms with E-state index in [1.54, 1.807) is 7.11 Å². The van der Waals surface area contributed by atoms with Gasteiger partial charge in [-0.3, -0.25) is 4.79 Å². The Balaban J connectivity index is 1.33. The van der Waals surface area contributed by atoms with E-state index in [1.807, 2.05) is 29.2 Å². The number of ether oxygens (including phenoxy) is 1. The summed E-state index contributed by atoms with van der Waals surface area (Å²) in [6.07, 6.45) is 1.11. The molecule has 1 fully saturated rings. The highest BCUT2D eigenvalue weighted by Crippen LogP contribution is 2.30. The van der Waals surface area contributed by atoms with Crippen molar-refractivity contribution in [2.24, 2.45) is 0 Å². The highest BCUT2D eigenvalue weighted by atomic mass is 16.5. The van der Waals surface area contributed by atoms with Crippen molar-refractivity contribution in [2.45, 2.75) is 39.3 Å². The second kappa shape index (κ2) is 11.3. The van der Waals surface area contributed by atoms with Crippen molar-refractivity contribution in [3.05, 3.63) is 71.4 Å². The van der Waals surface area contributed by atoms with E-state index >= 15 is 0 Å². The molecule has 3 aromatic rings. The van der Waals surface area contributed by atoms with Crippen LogP contribution < -0.4 is 19.4 Å². The Morgan fingerprint density at radius 2 is 1.63 bits per heavy atom. The summed E-state index contributed by atoms with van der Waals surface area (Å²) in [6.45, 7) is 9.19. The van der Waals surface area contributed by atoms with E-state index in [1.165, 1.54) is 5.69 Å². The van der Waals surface area contributed by atoms with Crippen LogP contribution in [0.5, 0.6) is 5.75 Å². The SMILES string of the molecule is COc1ccc(CC(=O)N2CCc3nc(N4CCN(c5ccccc5)CC4)nc(N(C)C(C)C)c3C2)cc1. The summed E-state index contributed by atoms with van der Waals surface area (Å²) in [6, 6.07) is 18.6. The standard InChI is InChI=1S/C30H38N6O2/c1-22(2)33(3)29-26-21-36(28(37)20-23-10-12-25(38-4)13-11-23)15-14-27(26)31-30(32-29)35-18-16-34(17-19-35)24-8-6-5-7-9-24/h5-13,22H,14-21H2,1-4H3. The van der Waals surface area contributed by atoms with Crippen molar-refractivity contribution in [3.8, 4) is 5.75 Å². The predicted octanol–water partition coefficient (Wildman–Crippen LogP) is 3.78. The van der Waals surface area contributed by atoms with Gasteiger partial charge in [0.15, 0.2) is 0 Å². The number of anilines is 3. The number of carbonyl (C=O) groups is 1. The molecule has 5 rings (SSSR count). The molecule has 0 spiro atoms. The number of hydrogen-bond donors (Lipinski definition) is 0. The third-order valence-electron chi connectivity index (χ3n) is 7.69. The van der Waals surface area contributed by atoms with E-state index < -0.39 is 0 Å². The smallest absolute Gasteiger partial charge is 0.227 e.